The van der Waals surface area contributed by atoms with E-state index in [9.17, 15) is 0 Å². The van der Waals surface area contributed by atoms with E-state index in [4.69, 9.17) is 11.6 Å². The minimum Gasteiger partial charge on any atom is -0.373 e. The van der Waals surface area contributed by atoms with Gasteiger partial charge in [-0.1, -0.05) is 11.6 Å². The van der Waals surface area contributed by atoms with Crippen LogP contribution in [0.25, 0.3) is 0 Å². The molecule has 0 aromatic carbocycles. The van der Waals surface area contributed by atoms with Crippen LogP contribution in [0.2, 0.25) is 5.02 Å². The summed E-state index contributed by atoms with van der Waals surface area (Å²) in [4.78, 5) is 8.80. The Morgan fingerprint density at radius 1 is 1.28 bits per heavy atom. The van der Waals surface area contributed by atoms with E-state index in [2.05, 4.69) is 20.4 Å². The number of nitrogens with zero attached hydrogens (tertiary/aromatic N) is 4. The topological polar surface area (TPSA) is 55.6 Å². The smallest absolute Gasteiger partial charge is 0.152 e. The molecule has 0 spiro atoms. The van der Waals surface area contributed by atoms with Crippen LogP contribution in [0.3, 0.4) is 0 Å². The van der Waals surface area contributed by atoms with Crippen molar-refractivity contribution in [1.29, 1.82) is 0 Å². The highest BCUT2D eigenvalue weighted by atomic mass is 35.5. The molecule has 0 radical (unpaired) electrons. The van der Waals surface area contributed by atoms with Gasteiger partial charge in [-0.3, -0.25) is 4.68 Å². The molecule has 1 N–H and O–H groups in total. The summed E-state index contributed by atoms with van der Waals surface area (Å²) in [6.07, 6.45) is 0. The Morgan fingerprint density at radius 3 is 2.56 bits per heavy atom. The molecule has 0 atom stereocenters. The van der Waals surface area contributed by atoms with Crippen molar-refractivity contribution in [2.75, 3.05) is 12.4 Å². The van der Waals surface area contributed by atoms with Crippen LogP contribution < -0.4 is 5.32 Å². The summed E-state index contributed by atoms with van der Waals surface area (Å²) in [7, 11) is 1.84. The summed E-state index contributed by atoms with van der Waals surface area (Å²) in [5.74, 6) is 1.53. The summed E-state index contributed by atoms with van der Waals surface area (Å²) in [6.45, 7) is 6.30. The first kappa shape index (κ1) is 12.8. The second-order valence-electron chi connectivity index (χ2n) is 4.20. The molecule has 18 heavy (non-hydrogen) atoms. The lowest BCUT2D eigenvalue weighted by Gasteiger charge is -2.07. The van der Waals surface area contributed by atoms with Crippen molar-refractivity contribution < 1.29 is 0 Å². The number of rotatable bonds is 3. The Hall–Kier alpha value is -1.62. The van der Waals surface area contributed by atoms with Gasteiger partial charge in [-0.25, -0.2) is 9.97 Å². The number of aryl methyl sites for hydroxylation is 2. The number of aromatic nitrogens is 4. The molecule has 0 bridgehead atoms. The number of nitrogens with one attached hydrogen (secondary N) is 1. The second kappa shape index (κ2) is 4.94. The summed E-state index contributed by atoms with van der Waals surface area (Å²) in [6, 6.07) is 1.90. The van der Waals surface area contributed by atoms with Gasteiger partial charge in [0, 0.05) is 18.8 Å². The number of anilines is 1. The summed E-state index contributed by atoms with van der Waals surface area (Å²) in [5, 5.41) is 8.10. The van der Waals surface area contributed by atoms with E-state index in [0.717, 1.165) is 28.7 Å². The van der Waals surface area contributed by atoms with E-state index < -0.39 is 0 Å². The molecular formula is C12H16ClN5. The molecular weight excluding hydrogens is 250 g/mol. The molecule has 2 aromatic heterocycles. The van der Waals surface area contributed by atoms with Crippen LogP contribution >= 0.6 is 11.6 Å². The molecule has 96 valence electrons. The van der Waals surface area contributed by atoms with E-state index in [1.807, 2.05) is 38.6 Å². The largest absolute Gasteiger partial charge is 0.373 e. The Labute approximate surface area is 111 Å². The first-order chi connectivity index (χ1) is 8.51. The predicted molar refractivity (Wildman–Crippen MR) is 72.1 cm³/mol. The minimum absolute atomic E-state index is 0.524. The van der Waals surface area contributed by atoms with Gasteiger partial charge in [-0.05, 0) is 20.8 Å². The van der Waals surface area contributed by atoms with Gasteiger partial charge in [-0.2, -0.15) is 5.10 Å². The van der Waals surface area contributed by atoms with Crippen molar-refractivity contribution in [2.24, 2.45) is 0 Å². The number of halogens is 1. The summed E-state index contributed by atoms with van der Waals surface area (Å²) in [5.41, 5.74) is 2.69. The highest BCUT2D eigenvalue weighted by Gasteiger charge is 2.11. The molecule has 0 amide bonds. The van der Waals surface area contributed by atoms with Gasteiger partial charge in [0.15, 0.2) is 5.82 Å². The maximum atomic E-state index is 6.12. The van der Waals surface area contributed by atoms with Crippen LogP contribution in [0.1, 0.15) is 22.9 Å². The Balaban J connectivity index is 2.33. The van der Waals surface area contributed by atoms with Gasteiger partial charge in [0.05, 0.1) is 16.4 Å². The van der Waals surface area contributed by atoms with Crippen molar-refractivity contribution in [1.82, 2.24) is 19.7 Å². The molecule has 0 saturated heterocycles. The average molecular weight is 266 g/mol. The Bertz CT molecular complexity index is 576. The van der Waals surface area contributed by atoms with Crippen molar-refractivity contribution in [3.05, 3.63) is 34.0 Å². The van der Waals surface area contributed by atoms with Crippen molar-refractivity contribution >= 4 is 17.4 Å². The fraction of sp³-hybridized carbons (Fsp3) is 0.417. The fourth-order valence-electron chi connectivity index (χ4n) is 1.79. The van der Waals surface area contributed by atoms with E-state index in [0.29, 0.717) is 11.6 Å². The zero-order chi connectivity index (χ0) is 13.3. The zero-order valence-corrected chi connectivity index (χ0v) is 11.7. The van der Waals surface area contributed by atoms with Gasteiger partial charge in [0.2, 0.25) is 0 Å². The van der Waals surface area contributed by atoms with Crippen LogP contribution in [0.4, 0.5) is 5.82 Å². The molecule has 2 rings (SSSR count). The fourth-order valence-corrected chi connectivity index (χ4v) is 1.93. The van der Waals surface area contributed by atoms with Crippen LogP contribution in [-0.2, 0) is 6.54 Å². The molecule has 0 aliphatic rings. The normalized spacial score (nSPS) is 10.7. The van der Waals surface area contributed by atoms with Gasteiger partial charge < -0.3 is 5.32 Å². The maximum Gasteiger partial charge on any atom is 0.152 e. The predicted octanol–water partition coefficient (Wildman–Crippen LogP) is 2.34. The quantitative estimate of drug-likeness (QED) is 0.926. The third-order valence-corrected chi connectivity index (χ3v) is 3.29. The first-order valence-corrected chi connectivity index (χ1v) is 6.11. The highest BCUT2D eigenvalue weighted by molar-refractivity contribution is 6.31. The third-order valence-electron chi connectivity index (χ3n) is 2.74. The van der Waals surface area contributed by atoms with Crippen molar-refractivity contribution in [3.8, 4) is 0 Å². The standard InChI is InChI=1S/C12H16ClN5/c1-7-5-10(14-4)16-11(15-7)6-18-9(3)12(13)8(2)17-18/h5H,6H2,1-4H3,(H,14,15,16). The lowest BCUT2D eigenvalue weighted by atomic mass is 10.4. The Morgan fingerprint density at radius 2 is 2.00 bits per heavy atom. The number of hydrogen-bond donors (Lipinski definition) is 1. The van der Waals surface area contributed by atoms with Gasteiger partial charge in [0.25, 0.3) is 0 Å². The zero-order valence-electron chi connectivity index (χ0n) is 11.0. The van der Waals surface area contributed by atoms with Crippen LogP contribution in [0.5, 0.6) is 0 Å². The first-order valence-electron chi connectivity index (χ1n) is 5.73. The lowest BCUT2D eigenvalue weighted by molar-refractivity contribution is 0.630. The van der Waals surface area contributed by atoms with Gasteiger partial charge in [0.1, 0.15) is 12.4 Å². The second-order valence-corrected chi connectivity index (χ2v) is 4.58. The average Bonchev–Trinajstić information content (AvgIpc) is 2.56. The molecule has 0 unspecified atom stereocenters. The summed E-state index contributed by atoms with van der Waals surface area (Å²) < 4.78 is 1.83. The molecule has 2 heterocycles. The van der Waals surface area contributed by atoms with Gasteiger partial charge >= 0.3 is 0 Å². The highest BCUT2D eigenvalue weighted by Crippen LogP contribution is 2.19. The summed E-state index contributed by atoms with van der Waals surface area (Å²) >= 11 is 6.12. The minimum atomic E-state index is 0.524. The molecule has 0 aliphatic heterocycles. The molecule has 2 aromatic rings. The molecule has 0 saturated carbocycles. The molecule has 0 aliphatic carbocycles. The van der Waals surface area contributed by atoms with Crippen LogP contribution in [0, 0.1) is 20.8 Å². The Kier molecular flexibility index (Phi) is 3.52. The van der Waals surface area contributed by atoms with E-state index in [1.165, 1.54) is 0 Å². The SMILES string of the molecule is CNc1cc(C)nc(Cn2nc(C)c(Cl)c2C)n1. The van der Waals surface area contributed by atoms with E-state index in [1.54, 1.807) is 0 Å². The van der Waals surface area contributed by atoms with Gasteiger partial charge in [-0.15, -0.1) is 0 Å². The van der Waals surface area contributed by atoms with Crippen LogP contribution in [0.15, 0.2) is 6.07 Å². The molecule has 5 nitrogen and oxygen atoms in total. The van der Waals surface area contributed by atoms with E-state index >= 15 is 0 Å². The molecule has 6 heteroatoms. The maximum absolute atomic E-state index is 6.12. The van der Waals surface area contributed by atoms with Crippen molar-refractivity contribution in [3.63, 3.8) is 0 Å². The van der Waals surface area contributed by atoms with Crippen LogP contribution in [-0.4, -0.2) is 26.8 Å². The third kappa shape index (κ3) is 2.46. The van der Waals surface area contributed by atoms with E-state index in [-0.39, 0.29) is 0 Å². The lowest BCUT2D eigenvalue weighted by Crippen LogP contribution is -2.09. The van der Waals surface area contributed by atoms with Crippen molar-refractivity contribution in [2.45, 2.75) is 27.3 Å². The molecule has 0 fully saturated rings. The number of hydrogen-bond acceptors (Lipinski definition) is 4. The monoisotopic (exact) mass is 265 g/mol.